The molecular weight excluding hydrogens is 232 g/mol. The molecule has 0 aromatic carbocycles. The third-order valence-corrected chi connectivity index (χ3v) is 5.18. The van der Waals surface area contributed by atoms with Gasteiger partial charge in [0, 0.05) is 32.8 Å². The second kappa shape index (κ2) is 4.75. The molecule has 3 unspecified atom stereocenters. The Morgan fingerprint density at radius 3 is 2.50 bits per heavy atom. The van der Waals surface area contributed by atoms with Gasteiger partial charge in [0.1, 0.15) is 0 Å². The Morgan fingerprint density at radius 1 is 1.06 bits per heavy atom. The molecule has 0 saturated carbocycles. The van der Waals surface area contributed by atoms with E-state index in [9.17, 15) is 5.11 Å². The topological polar surface area (TPSA) is 47.9 Å². The molecule has 0 radical (unpaired) electrons. The summed E-state index contributed by atoms with van der Waals surface area (Å²) in [6.45, 7) is 5.03. The lowest BCUT2D eigenvalue weighted by Gasteiger charge is -2.47. The molecule has 3 saturated heterocycles. The molecule has 1 spiro atoms. The highest BCUT2D eigenvalue weighted by molar-refractivity contribution is 5.01. The molecule has 1 N–H and O–H groups in total. The molecule has 3 aliphatic heterocycles. The van der Waals surface area contributed by atoms with Crippen molar-refractivity contribution >= 4 is 0 Å². The Hall–Kier alpha value is -0.160. The van der Waals surface area contributed by atoms with Gasteiger partial charge in [-0.1, -0.05) is 0 Å². The molecule has 18 heavy (non-hydrogen) atoms. The quantitative estimate of drug-likeness (QED) is 0.772. The first-order valence-corrected chi connectivity index (χ1v) is 7.20. The van der Waals surface area contributed by atoms with Crippen LogP contribution in [0.1, 0.15) is 39.0 Å². The Bertz CT molecular complexity index is 295. The van der Waals surface area contributed by atoms with Crippen LogP contribution in [0.5, 0.6) is 0 Å². The van der Waals surface area contributed by atoms with Crippen molar-refractivity contribution in [1.29, 1.82) is 0 Å². The molecule has 3 heterocycles. The lowest BCUT2D eigenvalue weighted by molar-refractivity contribution is -0.182. The maximum absolute atomic E-state index is 10.9. The fourth-order valence-corrected chi connectivity index (χ4v) is 3.83. The van der Waals surface area contributed by atoms with Crippen molar-refractivity contribution in [1.82, 2.24) is 0 Å². The number of rotatable bonds is 1. The van der Waals surface area contributed by atoms with Crippen LogP contribution < -0.4 is 0 Å². The van der Waals surface area contributed by atoms with Gasteiger partial charge >= 0.3 is 0 Å². The molecule has 4 heteroatoms. The van der Waals surface area contributed by atoms with Crippen molar-refractivity contribution in [2.45, 2.75) is 56.3 Å². The first kappa shape index (κ1) is 12.9. The van der Waals surface area contributed by atoms with E-state index in [1.54, 1.807) is 0 Å². The van der Waals surface area contributed by atoms with Crippen molar-refractivity contribution in [2.75, 3.05) is 26.4 Å². The molecule has 0 amide bonds. The van der Waals surface area contributed by atoms with Gasteiger partial charge in [0.15, 0.2) is 0 Å². The molecular formula is C14H24O4. The van der Waals surface area contributed by atoms with Gasteiger partial charge in [-0.2, -0.15) is 0 Å². The summed E-state index contributed by atoms with van der Waals surface area (Å²) in [4.78, 5) is 0. The maximum Gasteiger partial charge on any atom is 0.0957 e. The number of hydrogen-bond acceptors (Lipinski definition) is 4. The highest BCUT2D eigenvalue weighted by Gasteiger charge is 2.51. The van der Waals surface area contributed by atoms with Crippen LogP contribution in [0.2, 0.25) is 0 Å². The van der Waals surface area contributed by atoms with E-state index >= 15 is 0 Å². The van der Waals surface area contributed by atoms with Gasteiger partial charge in [0.25, 0.3) is 0 Å². The minimum Gasteiger partial charge on any atom is -0.387 e. The van der Waals surface area contributed by atoms with Gasteiger partial charge in [0.2, 0.25) is 0 Å². The van der Waals surface area contributed by atoms with Gasteiger partial charge in [-0.25, -0.2) is 0 Å². The summed E-state index contributed by atoms with van der Waals surface area (Å²) in [6, 6.07) is 0. The van der Waals surface area contributed by atoms with E-state index in [2.05, 4.69) is 0 Å². The Morgan fingerprint density at radius 2 is 1.83 bits per heavy atom. The van der Waals surface area contributed by atoms with Crippen molar-refractivity contribution < 1.29 is 19.3 Å². The van der Waals surface area contributed by atoms with Crippen LogP contribution in [0.15, 0.2) is 0 Å². The number of aliphatic hydroxyl groups is 1. The molecule has 104 valence electrons. The standard InChI is InChI=1S/C14H24O4/c1-11-14(15,5-9-17-11)12-2-6-18-13(10-12)3-7-16-8-4-13/h11-12,15H,2-10H2,1H3. The maximum atomic E-state index is 10.9. The fourth-order valence-electron chi connectivity index (χ4n) is 3.83. The van der Waals surface area contributed by atoms with E-state index in [1.165, 1.54) is 0 Å². The molecule has 4 nitrogen and oxygen atoms in total. The third-order valence-electron chi connectivity index (χ3n) is 5.18. The SMILES string of the molecule is CC1OCCC1(O)C1CCOC2(CCOCC2)C1. The summed E-state index contributed by atoms with van der Waals surface area (Å²) < 4.78 is 17.1. The zero-order valence-electron chi connectivity index (χ0n) is 11.2. The zero-order valence-corrected chi connectivity index (χ0v) is 11.2. The summed E-state index contributed by atoms with van der Waals surface area (Å²) in [5.74, 6) is 0.307. The molecule has 0 aromatic rings. The van der Waals surface area contributed by atoms with Gasteiger partial charge in [0.05, 0.1) is 17.3 Å². The van der Waals surface area contributed by atoms with Gasteiger partial charge in [-0.05, 0) is 38.5 Å². The van der Waals surface area contributed by atoms with Crippen LogP contribution in [0.4, 0.5) is 0 Å². The van der Waals surface area contributed by atoms with Crippen LogP contribution in [-0.2, 0) is 14.2 Å². The highest BCUT2D eigenvalue weighted by atomic mass is 16.5. The largest absolute Gasteiger partial charge is 0.387 e. The minimum atomic E-state index is -0.644. The molecule has 0 aromatic heterocycles. The van der Waals surface area contributed by atoms with Gasteiger partial charge in [-0.15, -0.1) is 0 Å². The number of ether oxygens (including phenoxy) is 3. The monoisotopic (exact) mass is 256 g/mol. The summed E-state index contributed by atoms with van der Waals surface area (Å²) >= 11 is 0. The molecule has 3 rings (SSSR count). The van der Waals surface area contributed by atoms with E-state index in [-0.39, 0.29) is 11.7 Å². The zero-order chi connectivity index (χ0) is 12.6. The van der Waals surface area contributed by atoms with E-state index in [0.29, 0.717) is 12.5 Å². The van der Waals surface area contributed by atoms with Crippen LogP contribution in [0, 0.1) is 5.92 Å². The summed E-state index contributed by atoms with van der Waals surface area (Å²) in [7, 11) is 0. The summed E-state index contributed by atoms with van der Waals surface area (Å²) in [5.41, 5.74) is -0.686. The molecule has 0 aliphatic carbocycles. The fraction of sp³-hybridized carbons (Fsp3) is 1.00. The summed E-state index contributed by atoms with van der Waals surface area (Å²) in [6.07, 6.45) is 4.57. The van der Waals surface area contributed by atoms with E-state index in [1.807, 2.05) is 6.92 Å². The second-order valence-electron chi connectivity index (χ2n) is 6.09. The number of hydrogen-bond donors (Lipinski definition) is 1. The Balaban J connectivity index is 1.73. The van der Waals surface area contributed by atoms with Crippen LogP contribution in [0.3, 0.4) is 0 Å². The van der Waals surface area contributed by atoms with Crippen molar-refractivity contribution in [3.8, 4) is 0 Å². The van der Waals surface area contributed by atoms with Gasteiger partial charge in [-0.3, -0.25) is 0 Å². The smallest absolute Gasteiger partial charge is 0.0957 e. The van der Waals surface area contributed by atoms with Crippen LogP contribution >= 0.6 is 0 Å². The minimum absolute atomic E-state index is 0.0425. The second-order valence-corrected chi connectivity index (χ2v) is 6.09. The first-order valence-electron chi connectivity index (χ1n) is 7.20. The van der Waals surface area contributed by atoms with E-state index in [0.717, 1.165) is 51.9 Å². The lowest BCUT2D eigenvalue weighted by atomic mass is 9.71. The first-order chi connectivity index (χ1) is 8.65. The normalized spacial score (nSPS) is 44.3. The van der Waals surface area contributed by atoms with E-state index < -0.39 is 5.60 Å². The molecule has 3 aliphatic rings. The Kier molecular flexibility index (Phi) is 3.39. The third kappa shape index (κ3) is 2.09. The Labute approximate surface area is 109 Å². The molecule has 3 atom stereocenters. The molecule has 3 fully saturated rings. The highest BCUT2D eigenvalue weighted by Crippen LogP contribution is 2.45. The van der Waals surface area contributed by atoms with Crippen LogP contribution in [-0.4, -0.2) is 48.8 Å². The lowest BCUT2D eigenvalue weighted by Crippen LogP contribution is -2.53. The van der Waals surface area contributed by atoms with E-state index in [4.69, 9.17) is 14.2 Å². The average molecular weight is 256 g/mol. The predicted molar refractivity (Wildman–Crippen MR) is 66.4 cm³/mol. The predicted octanol–water partition coefficient (Wildman–Crippen LogP) is 1.50. The van der Waals surface area contributed by atoms with Crippen molar-refractivity contribution in [3.63, 3.8) is 0 Å². The van der Waals surface area contributed by atoms with Crippen molar-refractivity contribution in [3.05, 3.63) is 0 Å². The molecule has 0 bridgehead atoms. The van der Waals surface area contributed by atoms with Crippen LogP contribution in [0.25, 0.3) is 0 Å². The van der Waals surface area contributed by atoms with Crippen molar-refractivity contribution in [2.24, 2.45) is 5.92 Å². The summed E-state index contributed by atoms with van der Waals surface area (Å²) in [5, 5.41) is 10.9. The average Bonchev–Trinajstić information content (AvgIpc) is 2.72. The van der Waals surface area contributed by atoms with Gasteiger partial charge < -0.3 is 19.3 Å².